The molecule has 2 unspecified atom stereocenters. The fourth-order valence-electron chi connectivity index (χ4n) is 1.88. The van der Waals surface area contributed by atoms with Crippen molar-refractivity contribution < 1.29 is 9.47 Å². The second-order valence-corrected chi connectivity index (χ2v) is 5.19. The molecule has 1 fully saturated rings. The van der Waals surface area contributed by atoms with Crippen molar-refractivity contribution in [3.8, 4) is 0 Å². The molecule has 1 aliphatic rings. The number of rotatable bonds is 6. The van der Waals surface area contributed by atoms with E-state index in [-0.39, 0.29) is 11.7 Å². The van der Waals surface area contributed by atoms with Gasteiger partial charge in [-0.1, -0.05) is 13.8 Å². The minimum absolute atomic E-state index is 0.0441. The van der Waals surface area contributed by atoms with Gasteiger partial charge in [0.1, 0.15) is 0 Å². The van der Waals surface area contributed by atoms with Crippen molar-refractivity contribution >= 4 is 0 Å². The summed E-state index contributed by atoms with van der Waals surface area (Å²) in [5.74, 6) is 0. The van der Waals surface area contributed by atoms with E-state index in [1.54, 1.807) is 0 Å². The van der Waals surface area contributed by atoms with Gasteiger partial charge in [-0.05, 0) is 39.7 Å². The monoisotopic (exact) mass is 229 g/mol. The Morgan fingerprint density at radius 3 is 2.75 bits per heavy atom. The van der Waals surface area contributed by atoms with Gasteiger partial charge >= 0.3 is 0 Å². The number of ether oxygens (including phenoxy) is 2. The van der Waals surface area contributed by atoms with E-state index in [4.69, 9.17) is 9.47 Å². The Balaban J connectivity index is 2.46. The van der Waals surface area contributed by atoms with Gasteiger partial charge in [-0.3, -0.25) is 0 Å². The second kappa shape index (κ2) is 6.58. The number of nitrogens with one attached hydrogen (secondary N) is 1. The molecule has 0 saturated carbocycles. The maximum absolute atomic E-state index is 6.15. The van der Waals surface area contributed by atoms with E-state index in [0.717, 1.165) is 32.6 Å². The van der Waals surface area contributed by atoms with Crippen LogP contribution in [0.15, 0.2) is 0 Å². The Bertz CT molecular complexity index is 194. The summed E-state index contributed by atoms with van der Waals surface area (Å²) >= 11 is 0. The molecule has 3 heteroatoms. The molecule has 2 atom stereocenters. The van der Waals surface area contributed by atoms with E-state index < -0.39 is 0 Å². The van der Waals surface area contributed by atoms with Crippen LogP contribution in [0.3, 0.4) is 0 Å². The molecule has 96 valence electrons. The Morgan fingerprint density at radius 1 is 1.38 bits per heavy atom. The molecule has 1 N–H and O–H groups in total. The molecule has 3 nitrogen and oxygen atoms in total. The van der Waals surface area contributed by atoms with Crippen LogP contribution in [0.4, 0.5) is 0 Å². The zero-order chi connectivity index (χ0) is 12.0. The highest BCUT2D eigenvalue weighted by Crippen LogP contribution is 2.21. The van der Waals surface area contributed by atoms with Gasteiger partial charge in [0.2, 0.25) is 0 Å². The Kier molecular flexibility index (Phi) is 5.73. The van der Waals surface area contributed by atoms with Crippen LogP contribution in [0.5, 0.6) is 0 Å². The third-order valence-electron chi connectivity index (χ3n) is 3.28. The van der Waals surface area contributed by atoms with Crippen LogP contribution in [0.1, 0.15) is 47.0 Å². The average molecular weight is 229 g/mol. The van der Waals surface area contributed by atoms with E-state index in [1.807, 2.05) is 0 Å². The molecule has 0 spiro atoms. The molecule has 0 bridgehead atoms. The van der Waals surface area contributed by atoms with Gasteiger partial charge < -0.3 is 14.8 Å². The molecule has 0 aromatic rings. The highest BCUT2D eigenvalue weighted by molar-refractivity contribution is 4.83. The Morgan fingerprint density at radius 2 is 2.12 bits per heavy atom. The molecule has 1 rings (SSSR count). The second-order valence-electron chi connectivity index (χ2n) is 5.19. The summed E-state index contributed by atoms with van der Waals surface area (Å²) in [6, 6.07) is 0.458. The smallest absolute Gasteiger partial charge is 0.0969 e. The van der Waals surface area contributed by atoms with E-state index in [9.17, 15) is 0 Å². The lowest BCUT2D eigenvalue weighted by Crippen LogP contribution is -2.50. The standard InChI is InChI=1S/C13H27NO2/c1-5-8-14-11-7-9-15-10-12(11)16-13(3,4)6-2/h11-12,14H,5-10H2,1-4H3. The molecular weight excluding hydrogens is 202 g/mol. The van der Waals surface area contributed by atoms with Crippen LogP contribution in [-0.2, 0) is 9.47 Å². The Hall–Kier alpha value is -0.120. The maximum atomic E-state index is 6.15. The van der Waals surface area contributed by atoms with E-state index in [2.05, 4.69) is 33.0 Å². The first-order valence-corrected chi connectivity index (χ1v) is 6.58. The summed E-state index contributed by atoms with van der Waals surface area (Å²) in [6.45, 7) is 11.3. The van der Waals surface area contributed by atoms with Gasteiger partial charge in [0.05, 0.1) is 18.3 Å². The van der Waals surface area contributed by atoms with Crippen LogP contribution < -0.4 is 5.32 Å². The van der Waals surface area contributed by atoms with Crippen molar-refractivity contribution in [2.75, 3.05) is 19.8 Å². The number of hydrogen-bond acceptors (Lipinski definition) is 3. The fourth-order valence-corrected chi connectivity index (χ4v) is 1.88. The summed E-state index contributed by atoms with van der Waals surface area (Å²) in [5.41, 5.74) is -0.0441. The molecule has 0 aromatic carbocycles. The predicted octanol–water partition coefficient (Wildman–Crippen LogP) is 2.35. The van der Waals surface area contributed by atoms with E-state index in [0.29, 0.717) is 6.04 Å². The molecule has 0 radical (unpaired) electrons. The topological polar surface area (TPSA) is 30.5 Å². The minimum atomic E-state index is -0.0441. The third-order valence-corrected chi connectivity index (χ3v) is 3.28. The summed E-state index contributed by atoms with van der Waals surface area (Å²) in [6.07, 6.45) is 3.46. The summed E-state index contributed by atoms with van der Waals surface area (Å²) < 4.78 is 11.7. The average Bonchev–Trinajstić information content (AvgIpc) is 2.27. The zero-order valence-corrected chi connectivity index (χ0v) is 11.2. The SMILES string of the molecule is CCCNC1CCOCC1OC(C)(C)CC. The fraction of sp³-hybridized carbons (Fsp3) is 1.00. The van der Waals surface area contributed by atoms with Crippen LogP contribution in [-0.4, -0.2) is 37.5 Å². The van der Waals surface area contributed by atoms with E-state index in [1.165, 1.54) is 6.42 Å². The number of hydrogen-bond donors (Lipinski definition) is 1. The van der Waals surface area contributed by atoms with Gasteiger partial charge in [-0.15, -0.1) is 0 Å². The van der Waals surface area contributed by atoms with Crippen molar-refractivity contribution in [3.05, 3.63) is 0 Å². The lowest BCUT2D eigenvalue weighted by Gasteiger charge is -2.37. The molecule has 16 heavy (non-hydrogen) atoms. The van der Waals surface area contributed by atoms with Gasteiger partial charge in [0.15, 0.2) is 0 Å². The van der Waals surface area contributed by atoms with Gasteiger partial charge in [0.25, 0.3) is 0 Å². The van der Waals surface area contributed by atoms with Crippen LogP contribution >= 0.6 is 0 Å². The van der Waals surface area contributed by atoms with Gasteiger partial charge in [-0.2, -0.15) is 0 Å². The zero-order valence-electron chi connectivity index (χ0n) is 11.2. The summed E-state index contributed by atoms with van der Waals surface area (Å²) in [5, 5.41) is 3.56. The lowest BCUT2D eigenvalue weighted by molar-refractivity contribution is -0.135. The molecule has 0 aromatic heterocycles. The molecular formula is C13H27NO2. The lowest BCUT2D eigenvalue weighted by atomic mass is 10.0. The molecule has 1 saturated heterocycles. The van der Waals surface area contributed by atoms with Crippen LogP contribution in [0.25, 0.3) is 0 Å². The van der Waals surface area contributed by atoms with E-state index >= 15 is 0 Å². The van der Waals surface area contributed by atoms with Crippen molar-refractivity contribution in [1.82, 2.24) is 5.32 Å². The van der Waals surface area contributed by atoms with Gasteiger partial charge in [-0.25, -0.2) is 0 Å². The van der Waals surface area contributed by atoms with Crippen molar-refractivity contribution in [1.29, 1.82) is 0 Å². The molecule has 0 amide bonds. The predicted molar refractivity (Wildman–Crippen MR) is 66.8 cm³/mol. The quantitative estimate of drug-likeness (QED) is 0.758. The van der Waals surface area contributed by atoms with Crippen molar-refractivity contribution in [2.45, 2.75) is 64.7 Å². The molecule has 0 aliphatic carbocycles. The first kappa shape index (κ1) is 13.9. The van der Waals surface area contributed by atoms with Gasteiger partial charge in [0, 0.05) is 12.6 Å². The summed E-state index contributed by atoms with van der Waals surface area (Å²) in [4.78, 5) is 0. The summed E-state index contributed by atoms with van der Waals surface area (Å²) in [7, 11) is 0. The Labute approximate surface area is 99.9 Å². The van der Waals surface area contributed by atoms with Crippen LogP contribution in [0.2, 0.25) is 0 Å². The normalized spacial score (nSPS) is 27.0. The van der Waals surface area contributed by atoms with Crippen molar-refractivity contribution in [2.24, 2.45) is 0 Å². The first-order chi connectivity index (χ1) is 7.59. The molecule has 1 heterocycles. The van der Waals surface area contributed by atoms with Crippen molar-refractivity contribution in [3.63, 3.8) is 0 Å². The maximum Gasteiger partial charge on any atom is 0.0969 e. The third kappa shape index (κ3) is 4.40. The first-order valence-electron chi connectivity index (χ1n) is 6.58. The minimum Gasteiger partial charge on any atom is -0.379 e. The highest BCUT2D eigenvalue weighted by Gasteiger charge is 2.30. The molecule has 1 aliphatic heterocycles. The highest BCUT2D eigenvalue weighted by atomic mass is 16.5. The largest absolute Gasteiger partial charge is 0.379 e. The van der Waals surface area contributed by atoms with Crippen LogP contribution in [0, 0.1) is 0 Å².